The number of nitrogens with two attached hydrogens (primary N) is 1. The van der Waals surface area contributed by atoms with Gasteiger partial charge in [0.1, 0.15) is 5.82 Å². The molecule has 1 unspecified atom stereocenters. The Hall–Kier alpha value is -1.52. The number of hydrogen-bond acceptors (Lipinski definition) is 3. The molecule has 1 saturated heterocycles. The van der Waals surface area contributed by atoms with Crippen LogP contribution in [0.25, 0.3) is 0 Å². The van der Waals surface area contributed by atoms with Gasteiger partial charge in [-0.25, -0.2) is 0 Å². The van der Waals surface area contributed by atoms with E-state index < -0.39 is 0 Å². The first-order valence-corrected chi connectivity index (χ1v) is 7.93. The average molecular weight is 292 g/mol. The van der Waals surface area contributed by atoms with Gasteiger partial charge in [-0.2, -0.15) is 5.10 Å². The molecule has 1 fully saturated rings. The lowest BCUT2D eigenvalue weighted by Gasteiger charge is -2.29. The van der Waals surface area contributed by atoms with Crippen LogP contribution in [0.3, 0.4) is 0 Å². The van der Waals surface area contributed by atoms with Crippen molar-refractivity contribution in [2.24, 2.45) is 11.3 Å². The number of carbonyl (C=O) groups is 1. The molecule has 0 spiro atoms. The van der Waals surface area contributed by atoms with Gasteiger partial charge in [-0.3, -0.25) is 9.48 Å². The molecule has 1 aliphatic rings. The first kappa shape index (κ1) is 15.9. The highest BCUT2D eigenvalue weighted by Gasteiger charge is 2.29. The topological polar surface area (TPSA) is 64.2 Å². The standard InChI is InChI=1S/C16H28N4O/c1-16(2,3)13-5-6-15(21)19(11-7-13)9-4-10-20-12-8-14(17)18-20/h8,12-13H,4-7,9-11H2,1-3H3,(H2,17,18). The lowest BCUT2D eigenvalue weighted by atomic mass is 9.77. The van der Waals surface area contributed by atoms with E-state index in [1.165, 1.54) is 0 Å². The van der Waals surface area contributed by atoms with E-state index in [-0.39, 0.29) is 0 Å². The van der Waals surface area contributed by atoms with Crippen molar-refractivity contribution in [3.63, 3.8) is 0 Å². The zero-order valence-electron chi connectivity index (χ0n) is 13.5. The second kappa shape index (κ2) is 6.50. The van der Waals surface area contributed by atoms with E-state index in [0.717, 1.165) is 38.9 Å². The van der Waals surface area contributed by atoms with Crippen LogP contribution < -0.4 is 5.73 Å². The highest BCUT2D eigenvalue weighted by Crippen LogP contribution is 2.34. The van der Waals surface area contributed by atoms with Gasteiger partial charge in [-0.05, 0) is 36.7 Å². The highest BCUT2D eigenvalue weighted by atomic mass is 16.2. The molecular formula is C16H28N4O. The monoisotopic (exact) mass is 292 g/mol. The fraction of sp³-hybridized carbons (Fsp3) is 0.750. The summed E-state index contributed by atoms with van der Waals surface area (Å²) in [7, 11) is 0. The number of amides is 1. The SMILES string of the molecule is CC(C)(C)C1CCC(=O)N(CCCn2ccc(N)n2)CC1. The Balaban J connectivity index is 1.81. The number of aryl methyl sites for hydroxylation is 1. The first-order valence-electron chi connectivity index (χ1n) is 7.93. The largest absolute Gasteiger partial charge is 0.382 e. The van der Waals surface area contributed by atoms with Gasteiger partial charge in [-0.15, -0.1) is 0 Å². The molecule has 0 saturated carbocycles. The Labute approximate surface area is 127 Å². The maximum absolute atomic E-state index is 12.2. The van der Waals surface area contributed by atoms with Gasteiger partial charge in [0.05, 0.1) is 0 Å². The van der Waals surface area contributed by atoms with E-state index >= 15 is 0 Å². The molecule has 2 rings (SSSR count). The zero-order chi connectivity index (χ0) is 15.5. The maximum Gasteiger partial charge on any atom is 0.222 e. The second-order valence-electron chi connectivity index (χ2n) is 7.13. The molecule has 5 heteroatoms. The van der Waals surface area contributed by atoms with Crippen molar-refractivity contribution in [1.82, 2.24) is 14.7 Å². The third-order valence-corrected chi connectivity index (χ3v) is 4.51. The molecule has 0 radical (unpaired) electrons. The Morgan fingerprint density at radius 2 is 2.10 bits per heavy atom. The summed E-state index contributed by atoms with van der Waals surface area (Å²) in [4.78, 5) is 14.2. The normalized spacial score (nSPS) is 20.6. The predicted octanol–water partition coefficient (Wildman–Crippen LogP) is 2.53. The van der Waals surface area contributed by atoms with Crippen LogP contribution in [0.4, 0.5) is 5.82 Å². The van der Waals surface area contributed by atoms with E-state index in [4.69, 9.17) is 5.73 Å². The number of nitrogen functional groups attached to an aromatic ring is 1. The van der Waals surface area contributed by atoms with Crippen LogP contribution in [0.2, 0.25) is 0 Å². The van der Waals surface area contributed by atoms with Crippen molar-refractivity contribution < 1.29 is 4.79 Å². The van der Waals surface area contributed by atoms with Crippen LogP contribution in [0.5, 0.6) is 0 Å². The molecule has 2 N–H and O–H groups in total. The van der Waals surface area contributed by atoms with Crippen LogP contribution in [0.1, 0.15) is 46.5 Å². The third kappa shape index (κ3) is 4.48. The summed E-state index contributed by atoms with van der Waals surface area (Å²) in [6, 6.07) is 1.80. The Morgan fingerprint density at radius 3 is 2.71 bits per heavy atom. The molecule has 21 heavy (non-hydrogen) atoms. The third-order valence-electron chi connectivity index (χ3n) is 4.51. The van der Waals surface area contributed by atoms with Crippen molar-refractivity contribution >= 4 is 11.7 Å². The van der Waals surface area contributed by atoms with E-state index in [2.05, 4.69) is 25.9 Å². The number of nitrogens with zero attached hydrogens (tertiary/aromatic N) is 3. The summed E-state index contributed by atoms with van der Waals surface area (Å²) in [5.41, 5.74) is 5.89. The smallest absolute Gasteiger partial charge is 0.222 e. The zero-order valence-corrected chi connectivity index (χ0v) is 13.5. The molecule has 1 aliphatic heterocycles. The molecule has 1 aromatic heterocycles. The van der Waals surface area contributed by atoms with Crippen LogP contribution in [0.15, 0.2) is 12.3 Å². The van der Waals surface area contributed by atoms with Gasteiger partial charge >= 0.3 is 0 Å². The summed E-state index contributed by atoms with van der Waals surface area (Å²) < 4.78 is 1.84. The van der Waals surface area contributed by atoms with Gasteiger partial charge in [0, 0.05) is 32.3 Å². The molecule has 0 aromatic carbocycles. The fourth-order valence-corrected chi connectivity index (χ4v) is 3.06. The minimum Gasteiger partial charge on any atom is -0.382 e. The molecule has 118 valence electrons. The van der Waals surface area contributed by atoms with Gasteiger partial charge in [-0.1, -0.05) is 20.8 Å². The fourth-order valence-electron chi connectivity index (χ4n) is 3.06. The Morgan fingerprint density at radius 1 is 1.33 bits per heavy atom. The maximum atomic E-state index is 12.2. The predicted molar refractivity (Wildman–Crippen MR) is 84.6 cm³/mol. The molecule has 2 heterocycles. The Bertz CT molecular complexity index is 475. The molecular weight excluding hydrogens is 264 g/mol. The summed E-state index contributed by atoms with van der Waals surface area (Å²) in [5.74, 6) is 1.49. The molecule has 1 aromatic rings. The second-order valence-corrected chi connectivity index (χ2v) is 7.13. The van der Waals surface area contributed by atoms with Crippen molar-refractivity contribution in [3.05, 3.63) is 12.3 Å². The van der Waals surface area contributed by atoms with Crippen LogP contribution in [-0.4, -0.2) is 33.7 Å². The van der Waals surface area contributed by atoms with Crippen molar-refractivity contribution in [2.75, 3.05) is 18.8 Å². The van der Waals surface area contributed by atoms with E-state index in [1.54, 1.807) is 6.07 Å². The van der Waals surface area contributed by atoms with E-state index in [0.29, 0.717) is 29.5 Å². The van der Waals surface area contributed by atoms with Gasteiger partial charge < -0.3 is 10.6 Å². The number of carbonyl (C=O) groups excluding carboxylic acids is 1. The van der Waals surface area contributed by atoms with E-state index in [9.17, 15) is 4.79 Å². The average Bonchev–Trinajstić information content (AvgIpc) is 2.70. The number of aromatic nitrogens is 2. The summed E-state index contributed by atoms with van der Waals surface area (Å²) in [6.45, 7) is 9.35. The van der Waals surface area contributed by atoms with Crippen molar-refractivity contribution in [3.8, 4) is 0 Å². The summed E-state index contributed by atoms with van der Waals surface area (Å²) >= 11 is 0. The minimum atomic E-state index is 0.295. The molecule has 1 amide bonds. The number of hydrogen-bond donors (Lipinski definition) is 1. The molecule has 5 nitrogen and oxygen atoms in total. The summed E-state index contributed by atoms with van der Waals surface area (Å²) in [6.07, 6.45) is 5.64. The quantitative estimate of drug-likeness (QED) is 0.927. The lowest BCUT2D eigenvalue weighted by Crippen LogP contribution is -2.32. The van der Waals surface area contributed by atoms with Crippen LogP contribution >= 0.6 is 0 Å². The van der Waals surface area contributed by atoms with Crippen LogP contribution in [-0.2, 0) is 11.3 Å². The molecule has 0 aliphatic carbocycles. The van der Waals surface area contributed by atoms with Gasteiger partial charge in [0.25, 0.3) is 0 Å². The Kier molecular flexibility index (Phi) is 4.91. The first-order chi connectivity index (χ1) is 9.86. The van der Waals surface area contributed by atoms with Gasteiger partial charge in [0.15, 0.2) is 0 Å². The minimum absolute atomic E-state index is 0.295. The van der Waals surface area contributed by atoms with Gasteiger partial charge in [0.2, 0.25) is 5.91 Å². The lowest BCUT2D eigenvalue weighted by molar-refractivity contribution is -0.130. The van der Waals surface area contributed by atoms with E-state index in [1.807, 2.05) is 15.8 Å². The molecule has 1 atom stereocenters. The number of anilines is 1. The number of rotatable bonds is 4. The number of likely N-dealkylation sites (tertiary alicyclic amines) is 1. The molecule has 0 bridgehead atoms. The van der Waals surface area contributed by atoms with Crippen LogP contribution in [0, 0.1) is 11.3 Å². The van der Waals surface area contributed by atoms with Crippen molar-refractivity contribution in [2.45, 2.75) is 53.0 Å². The highest BCUT2D eigenvalue weighted by molar-refractivity contribution is 5.76. The van der Waals surface area contributed by atoms with Crippen molar-refractivity contribution in [1.29, 1.82) is 0 Å². The summed E-state index contributed by atoms with van der Waals surface area (Å²) in [5, 5.41) is 4.17.